The number of fused-ring (bicyclic) bond motifs is 2. The summed E-state index contributed by atoms with van der Waals surface area (Å²) in [4.78, 5) is 20.8. The largest absolute Gasteiger partial charge is 0.376 e. The fourth-order valence-electron chi connectivity index (χ4n) is 7.06. The average molecular weight is 593 g/mol. The molecule has 2 aromatic carbocycles. The Balaban J connectivity index is 1.12. The third-order valence-electron chi connectivity index (χ3n) is 9.28. The number of ether oxygens (including phenoxy) is 1. The Morgan fingerprint density at radius 1 is 1.13 bits per heavy atom. The number of carbonyl (C=O) groups excluding carboxylic acids is 1. The molecule has 1 amide bonds. The molecule has 3 aliphatic rings. The summed E-state index contributed by atoms with van der Waals surface area (Å²) in [6.07, 6.45) is 4.75. The Morgan fingerprint density at radius 2 is 1.92 bits per heavy atom. The van der Waals surface area contributed by atoms with E-state index >= 15 is 0 Å². The molecule has 2 saturated heterocycles. The van der Waals surface area contributed by atoms with Gasteiger partial charge in [-0.15, -0.1) is 0 Å². The molecule has 3 heterocycles. The van der Waals surface area contributed by atoms with Crippen LogP contribution in [0.15, 0.2) is 53.1 Å². The summed E-state index contributed by atoms with van der Waals surface area (Å²) >= 11 is 3.65. The molecule has 2 aliphatic heterocycles. The number of amides is 1. The first kappa shape index (κ1) is 26.8. The van der Waals surface area contributed by atoms with Gasteiger partial charge in [0, 0.05) is 67.2 Å². The van der Waals surface area contributed by atoms with Gasteiger partial charge in [-0.25, -0.2) is 0 Å². The molecule has 8 heteroatoms. The second kappa shape index (κ2) is 10.9. The molecule has 7 nitrogen and oxygen atoms in total. The number of hydrogen-bond donors (Lipinski definition) is 0. The zero-order chi connectivity index (χ0) is 27.1. The highest BCUT2D eigenvalue weighted by molar-refractivity contribution is 9.10. The van der Waals surface area contributed by atoms with Crippen LogP contribution in [0, 0.1) is 0 Å². The van der Waals surface area contributed by atoms with Crippen molar-refractivity contribution in [2.45, 2.75) is 63.8 Å². The lowest BCUT2D eigenvalue weighted by atomic mass is 9.86. The molecule has 6 rings (SSSR count). The molecule has 39 heavy (non-hydrogen) atoms. The molecule has 1 aliphatic carbocycles. The van der Waals surface area contributed by atoms with Gasteiger partial charge in [-0.2, -0.15) is 10.2 Å². The average Bonchev–Trinajstić information content (AvgIpc) is 3.29. The van der Waals surface area contributed by atoms with Crippen molar-refractivity contribution in [1.82, 2.24) is 24.9 Å². The first-order valence-corrected chi connectivity index (χ1v) is 15.1. The van der Waals surface area contributed by atoms with Crippen LogP contribution in [0.5, 0.6) is 0 Å². The van der Waals surface area contributed by atoms with Crippen LogP contribution >= 0.6 is 15.9 Å². The van der Waals surface area contributed by atoms with Crippen molar-refractivity contribution in [2.24, 2.45) is 0 Å². The van der Waals surface area contributed by atoms with Crippen molar-refractivity contribution in [2.75, 3.05) is 39.3 Å². The lowest BCUT2D eigenvalue weighted by Crippen LogP contribution is -2.62. The summed E-state index contributed by atoms with van der Waals surface area (Å²) in [5.74, 6) is 0.0647. The third-order valence-corrected chi connectivity index (χ3v) is 9.78. The Labute approximate surface area is 239 Å². The molecule has 3 aromatic rings. The van der Waals surface area contributed by atoms with Gasteiger partial charge in [-0.05, 0) is 62.9 Å². The molecule has 3 atom stereocenters. The van der Waals surface area contributed by atoms with Crippen LogP contribution in [-0.2, 0) is 11.2 Å². The number of aromatic nitrogens is 2. The van der Waals surface area contributed by atoms with E-state index in [0.29, 0.717) is 17.6 Å². The number of hydrogen-bond acceptors (Lipinski definition) is 6. The van der Waals surface area contributed by atoms with E-state index in [1.54, 1.807) is 6.20 Å². The van der Waals surface area contributed by atoms with E-state index in [9.17, 15) is 4.79 Å². The van der Waals surface area contributed by atoms with E-state index in [-0.39, 0.29) is 17.6 Å². The third kappa shape index (κ3) is 5.01. The van der Waals surface area contributed by atoms with Crippen LogP contribution in [0.4, 0.5) is 0 Å². The van der Waals surface area contributed by atoms with Crippen LogP contribution in [0.3, 0.4) is 0 Å². The predicted octanol–water partition coefficient (Wildman–Crippen LogP) is 5.10. The maximum atomic E-state index is 13.5. The quantitative estimate of drug-likeness (QED) is 0.411. The molecule has 0 saturated carbocycles. The Bertz CT molecular complexity index is 1350. The number of nitrogens with zero attached hydrogens (tertiary/aromatic N) is 5. The summed E-state index contributed by atoms with van der Waals surface area (Å²) in [7, 11) is 0. The SMILES string of the molecule is CCO[C@@H]1Cc2cc(Br)ccc2[C@H]1N1CCN(C2(C)CCN(C(=O)c3cnnc4ccccc34)CC2)C[C@@H]1C. The van der Waals surface area contributed by atoms with Crippen molar-refractivity contribution in [3.63, 3.8) is 0 Å². The summed E-state index contributed by atoms with van der Waals surface area (Å²) < 4.78 is 7.42. The molecule has 0 radical (unpaired) electrons. The maximum Gasteiger partial charge on any atom is 0.256 e. The Kier molecular flexibility index (Phi) is 7.48. The number of rotatable bonds is 5. The number of carbonyl (C=O) groups is 1. The Morgan fingerprint density at radius 3 is 2.69 bits per heavy atom. The second-order valence-electron chi connectivity index (χ2n) is 11.6. The van der Waals surface area contributed by atoms with Crippen LogP contribution in [0.2, 0.25) is 0 Å². The summed E-state index contributed by atoms with van der Waals surface area (Å²) in [6, 6.07) is 15.2. The summed E-state index contributed by atoms with van der Waals surface area (Å²) in [6.45, 7) is 12.2. The van der Waals surface area contributed by atoms with Crippen molar-refractivity contribution in [1.29, 1.82) is 0 Å². The van der Waals surface area contributed by atoms with E-state index < -0.39 is 0 Å². The first-order valence-electron chi connectivity index (χ1n) is 14.3. The van der Waals surface area contributed by atoms with Gasteiger partial charge in [-0.1, -0.05) is 40.2 Å². The van der Waals surface area contributed by atoms with Gasteiger partial charge in [0.1, 0.15) is 0 Å². The summed E-state index contributed by atoms with van der Waals surface area (Å²) in [5.41, 5.74) is 4.34. The highest BCUT2D eigenvalue weighted by atomic mass is 79.9. The lowest BCUT2D eigenvalue weighted by molar-refractivity contribution is -0.0630. The highest BCUT2D eigenvalue weighted by Gasteiger charge is 2.44. The molecule has 0 N–H and O–H groups in total. The van der Waals surface area contributed by atoms with Gasteiger partial charge >= 0.3 is 0 Å². The fourth-order valence-corrected chi connectivity index (χ4v) is 7.46. The molecular formula is C31H38BrN5O2. The molecular weight excluding hydrogens is 554 g/mol. The van der Waals surface area contributed by atoms with Crippen LogP contribution in [-0.4, -0.2) is 87.8 Å². The van der Waals surface area contributed by atoms with E-state index in [2.05, 4.69) is 74.9 Å². The predicted molar refractivity (Wildman–Crippen MR) is 157 cm³/mol. The smallest absolute Gasteiger partial charge is 0.256 e. The normalized spacial score (nSPS) is 25.6. The molecule has 0 spiro atoms. The number of likely N-dealkylation sites (tertiary alicyclic amines) is 1. The van der Waals surface area contributed by atoms with Gasteiger partial charge in [0.2, 0.25) is 0 Å². The van der Waals surface area contributed by atoms with Crippen molar-refractivity contribution >= 4 is 32.7 Å². The number of benzene rings is 2. The highest BCUT2D eigenvalue weighted by Crippen LogP contribution is 2.42. The molecule has 206 valence electrons. The number of piperazine rings is 1. The minimum atomic E-state index is 0.0647. The minimum Gasteiger partial charge on any atom is -0.376 e. The minimum absolute atomic E-state index is 0.0647. The van der Waals surface area contributed by atoms with E-state index in [4.69, 9.17) is 4.74 Å². The maximum absolute atomic E-state index is 13.5. The molecule has 2 fully saturated rings. The standard InChI is InChI=1S/C31H38BrN5O2/c1-4-39-28-18-22-17-23(32)9-10-24(22)29(28)37-16-15-36(20-21(37)2)31(3)11-13-35(14-12-31)30(38)26-19-33-34-27-8-6-5-7-25(26)27/h5-10,17,19,21,28-29H,4,11-16,18,20H2,1-3H3/t21-,28+,29+/m0/s1. The van der Waals surface area contributed by atoms with E-state index in [1.807, 2.05) is 29.2 Å². The molecule has 1 aromatic heterocycles. The number of piperidine rings is 1. The van der Waals surface area contributed by atoms with Crippen molar-refractivity contribution in [3.8, 4) is 0 Å². The fraction of sp³-hybridized carbons (Fsp3) is 0.516. The number of halogens is 1. The van der Waals surface area contributed by atoms with E-state index in [1.165, 1.54) is 11.1 Å². The zero-order valence-corrected chi connectivity index (χ0v) is 24.7. The van der Waals surface area contributed by atoms with Crippen LogP contribution < -0.4 is 0 Å². The van der Waals surface area contributed by atoms with E-state index in [0.717, 1.165) is 74.0 Å². The zero-order valence-electron chi connectivity index (χ0n) is 23.1. The second-order valence-corrected chi connectivity index (χ2v) is 12.5. The topological polar surface area (TPSA) is 61.8 Å². The Hall–Kier alpha value is -2.39. The van der Waals surface area contributed by atoms with Crippen LogP contribution in [0.25, 0.3) is 10.9 Å². The van der Waals surface area contributed by atoms with Gasteiger partial charge in [0.15, 0.2) is 0 Å². The van der Waals surface area contributed by atoms with Gasteiger partial charge in [0.05, 0.1) is 29.4 Å². The molecule has 0 unspecified atom stereocenters. The van der Waals surface area contributed by atoms with Crippen LogP contribution in [0.1, 0.15) is 61.1 Å². The van der Waals surface area contributed by atoms with Crippen molar-refractivity contribution < 1.29 is 9.53 Å². The van der Waals surface area contributed by atoms with Gasteiger partial charge in [-0.3, -0.25) is 14.6 Å². The van der Waals surface area contributed by atoms with Crippen molar-refractivity contribution in [3.05, 3.63) is 69.8 Å². The van der Waals surface area contributed by atoms with Gasteiger partial charge in [0.25, 0.3) is 5.91 Å². The first-order chi connectivity index (χ1) is 18.9. The molecule has 0 bridgehead atoms. The summed E-state index contributed by atoms with van der Waals surface area (Å²) in [5, 5.41) is 9.15. The lowest BCUT2D eigenvalue weighted by Gasteiger charge is -2.53. The monoisotopic (exact) mass is 591 g/mol. The van der Waals surface area contributed by atoms with Gasteiger partial charge < -0.3 is 9.64 Å².